The molecule has 200 valence electrons. The van der Waals surface area contributed by atoms with E-state index in [1.54, 1.807) is 0 Å². The van der Waals surface area contributed by atoms with Gasteiger partial charge in [-0.2, -0.15) is 0 Å². The zero-order chi connectivity index (χ0) is 27.9. The molecule has 1 aliphatic rings. The molecule has 0 spiro atoms. The largest absolute Gasteiger partial charge is 0.495 e. The van der Waals surface area contributed by atoms with E-state index in [4.69, 9.17) is 13.7 Å². The Morgan fingerprint density at radius 2 is 1.22 bits per heavy atom. The molecule has 8 rings (SSSR count). The fourth-order valence-electron chi connectivity index (χ4n) is 6.21. The predicted molar refractivity (Wildman–Crippen MR) is 169 cm³/mol. The van der Waals surface area contributed by atoms with Gasteiger partial charge in [-0.25, -0.2) is 0 Å². The summed E-state index contributed by atoms with van der Waals surface area (Å²) in [5, 5.41) is 4.58. The second-order valence-corrected chi connectivity index (χ2v) is 12.0. The Morgan fingerprint density at radius 3 is 2.00 bits per heavy atom. The summed E-state index contributed by atoms with van der Waals surface area (Å²) in [5.74, 6) is 0. The van der Waals surface area contributed by atoms with Crippen molar-refractivity contribution in [2.45, 2.75) is 38.9 Å². The van der Waals surface area contributed by atoms with Gasteiger partial charge in [-0.1, -0.05) is 72.8 Å². The lowest BCUT2D eigenvalue weighted by atomic mass is 9.75. The van der Waals surface area contributed by atoms with Crippen LogP contribution in [0.25, 0.3) is 60.6 Å². The number of hydrogen-bond donors (Lipinski definition) is 0. The molecule has 0 radical (unpaired) electrons. The smallest absolute Gasteiger partial charge is 0.456 e. The molecule has 41 heavy (non-hydrogen) atoms. The van der Waals surface area contributed by atoms with Crippen LogP contribution in [0.4, 0.5) is 0 Å². The van der Waals surface area contributed by atoms with Crippen LogP contribution >= 0.6 is 0 Å². The molecule has 0 N–H and O–H groups in total. The van der Waals surface area contributed by atoms with Crippen LogP contribution in [0, 0.1) is 0 Å². The Balaban J connectivity index is 1.39. The molecule has 4 nitrogen and oxygen atoms in total. The second kappa shape index (κ2) is 8.59. The van der Waals surface area contributed by atoms with Crippen LogP contribution in [-0.2, 0) is 9.31 Å². The van der Waals surface area contributed by atoms with Crippen molar-refractivity contribution in [1.82, 2.24) is 4.57 Å². The normalized spacial score (nSPS) is 16.4. The van der Waals surface area contributed by atoms with Gasteiger partial charge in [0.25, 0.3) is 0 Å². The molecule has 2 aromatic heterocycles. The van der Waals surface area contributed by atoms with E-state index in [2.05, 4.69) is 129 Å². The lowest BCUT2D eigenvalue weighted by Crippen LogP contribution is -2.41. The van der Waals surface area contributed by atoms with E-state index in [1.807, 2.05) is 12.1 Å². The Hall–Kier alpha value is -4.32. The molecule has 0 amide bonds. The van der Waals surface area contributed by atoms with E-state index < -0.39 is 18.3 Å². The minimum atomic E-state index is -0.511. The fraction of sp³-hybridized carbons (Fsp3) is 0.167. The van der Waals surface area contributed by atoms with Crippen molar-refractivity contribution in [3.8, 4) is 16.8 Å². The van der Waals surface area contributed by atoms with Gasteiger partial charge >= 0.3 is 7.12 Å². The lowest BCUT2D eigenvalue weighted by molar-refractivity contribution is 0.00578. The van der Waals surface area contributed by atoms with Crippen LogP contribution in [0.5, 0.6) is 0 Å². The van der Waals surface area contributed by atoms with Crippen molar-refractivity contribution in [1.29, 1.82) is 0 Å². The van der Waals surface area contributed by atoms with Gasteiger partial charge in [0.15, 0.2) is 0 Å². The van der Waals surface area contributed by atoms with Gasteiger partial charge in [-0.15, -0.1) is 0 Å². The van der Waals surface area contributed by atoms with Gasteiger partial charge in [0.2, 0.25) is 0 Å². The highest BCUT2D eigenvalue weighted by atomic mass is 16.7. The first-order valence-electron chi connectivity index (χ1n) is 14.2. The molecule has 0 bridgehead atoms. The first-order valence-corrected chi connectivity index (χ1v) is 14.2. The summed E-state index contributed by atoms with van der Waals surface area (Å²) in [5.41, 5.74) is 7.45. The number of nitrogens with zero attached hydrogens (tertiary/aromatic N) is 1. The molecule has 1 saturated heterocycles. The maximum absolute atomic E-state index is 6.59. The van der Waals surface area contributed by atoms with E-state index in [1.165, 1.54) is 16.3 Å². The Kier molecular flexibility index (Phi) is 5.13. The van der Waals surface area contributed by atoms with E-state index in [9.17, 15) is 0 Å². The zero-order valence-electron chi connectivity index (χ0n) is 23.6. The van der Waals surface area contributed by atoms with E-state index in [0.29, 0.717) is 0 Å². The summed E-state index contributed by atoms with van der Waals surface area (Å²) >= 11 is 0. The fourth-order valence-corrected chi connectivity index (χ4v) is 6.21. The highest BCUT2D eigenvalue weighted by Gasteiger charge is 2.52. The van der Waals surface area contributed by atoms with E-state index in [0.717, 1.165) is 49.7 Å². The monoisotopic (exact) mass is 535 g/mol. The summed E-state index contributed by atoms with van der Waals surface area (Å²) in [6.45, 7) is 8.38. The predicted octanol–water partition coefficient (Wildman–Crippen LogP) is 8.65. The summed E-state index contributed by atoms with van der Waals surface area (Å²) < 4.78 is 22.0. The number of furan rings is 1. The first kappa shape index (κ1) is 24.5. The third-order valence-electron chi connectivity index (χ3n) is 9.04. The van der Waals surface area contributed by atoms with Gasteiger partial charge in [-0.3, -0.25) is 0 Å². The summed E-state index contributed by atoms with van der Waals surface area (Å²) in [7, 11) is -0.511. The molecule has 5 aromatic carbocycles. The summed E-state index contributed by atoms with van der Waals surface area (Å²) in [4.78, 5) is 0. The summed E-state index contributed by atoms with van der Waals surface area (Å²) in [6, 6.07) is 38.5. The van der Waals surface area contributed by atoms with Crippen molar-refractivity contribution in [3.63, 3.8) is 0 Å². The maximum Gasteiger partial charge on any atom is 0.495 e. The van der Waals surface area contributed by atoms with E-state index >= 15 is 0 Å². The molecule has 1 fully saturated rings. The van der Waals surface area contributed by atoms with Gasteiger partial charge < -0.3 is 18.3 Å². The molecule has 0 aliphatic carbocycles. The Labute approximate surface area is 239 Å². The zero-order valence-corrected chi connectivity index (χ0v) is 23.6. The number of benzene rings is 5. The molecule has 3 heterocycles. The highest BCUT2D eigenvalue weighted by Crippen LogP contribution is 2.40. The minimum absolute atomic E-state index is 0.449. The van der Waals surface area contributed by atoms with Crippen molar-refractivity contribution in [2.24, 2.45) is 0 Å². The van der Waals surface area contributed by atoms with Crippen molar-refractivity contribution in [3.05, 3.63) is 109 Å². The molecule has 0 saturated carbocycles. The van der Waals surface area contributed by atoms with Crippen LogP contribution in [0.3, 0.4) is 0 Å². The number of fused-ring (bicyclic) bond motifs is 6. The van der Waals surface area contributed by atoms with Crippen LogP contribution in [0.1, 0.15) is 27.7 Å². The maximum atomic E-state index is 6.59. The Bertz CT molecular complexity index is 2100. The van der Waals surface area contributed by atoms with Crippen LogP contribution in [-0.4, -0.2) is 22.9 Å². The third-order valence-corrected chi connectivity index (χ3v) is 9.04. The van der Waals surface area contributed by atoms with Crippen molar-refractivity contribution >= 4 is 56.3 Å². The standard InChI is InChI=1S/C36H30BNO3/c1-35(2)36(3,4)41-37(40-35)29-20-24(22-33-34(29)28-15-9-11-17-32(28)39-33)23-18-19-27-26-14-8-10-16-30(26)38(31(27)21-23)25-12-6-5-7-13-25/h5-22H,1-4H3. The molecule has 5 heteroatoms. The SMILES string of the molecule is CC1(C)OB(c2cc(-c3ccc4c5ccccc5n(-c5ccccc5)c4c3)cc3oc4ccccc4c23)OC1(C)C. The van der Waals surface area contributed by atoms with Crippen LogP contribution in [0.2, 0.25) is 0 Å². The average Bonchev–Trinajstić information content (AvgIpc) is 3.58. The number of aromatic nitrogens is 1. The molecule has 1 aliphatic heterocycles. The topological polar surface area (TPSA) is 36.5 Å². The van der Waals surface area contributed by atoms with Crippen LogP contribution < -0.4 is 5.46 Å². The first-order chi connectivity index (χ1) is 19.8. The van der Waals surface area contributed by atoms with Gasteiger partial charge in [0.1, 0.15) is 11.2 Å². The van der Waals surface area contributed by atoms with E-state index in [-0.39, 0.29) is 0 Å². The number of hydrogen-bond acceptors (Lipinski definition) is 3. The molecular weight excluding hydrogens is 505 g/mol. The third kappa shape index (κ3) is 3.63. The van der Waals surface area contributed by atoms with Crippen molar-refractivity contribution in [2.75, 3.05) is 0 Å². The highest BCUT2D eigenvalue weighted by molar-refractivity contribution is 6.66. The molecule has 0 unspecified atom stereocenters. The number of rotatable bonds is 3. The Morgan fingerprint density at radius 1 is 0.561 bits per heavy atom. The summed E-state index contributed by atoms with van der Waals surface area (Å²) in [6.07, 6.45) is 0. The van der Waals surface area contributed by atoms with Gasteiger partial charge in [-0.05, 0) is 80.7 Å². The van der Waals surface area contributed by atoms with Crippen molar-refractivity contribution < 1.29 is 13.7 Å². The second-order valence-electron chi connectivity index (χ2n) is 12.0. The average molecular weight is 535 g/mol. The van der Waals surface area contributed by atoms with Gasteiger partial charge in [0.05, 0.1) is 22.2 Å². The molecular formula is C36H30BNO3. The van der Waals surface area contributed by atoms with Gasteiger partial charge in [0, 0.05) is 27.2 Å². The lowest BCUT2D eigenvalue weighted by Gasteiger charge is -2.32. The quantitative estimate of drug-likeness (QED) is 0.213. The minimum Gasteiger partial charge on any atom is -0.456 e. The number of para-hydroxylation sites is 3. The molecule has 7 aromatic rings. The van der Waals surface area contributed by atoms with Crippen LogP contribution in [0.15, 0.2) is 114 Å². The molecule has 0 atom stereocenters.